The lowest BCUT2D eigenvalue weighted by molar-refractivity contribution is -0.128. The quantitative estimate of drug-likeness (QED) is 0.871. The fourth-order valence-corrected chi connectivity index (χ4v) is 3.50. The van der Waals surface area contributed by atoms with Gasteiger partial charge in [-0.15, -0.1) is 0 Å². The molecule has 1 aromatic carbocycles. The van der Waals surface area contributed by atoms with Crippen molar-refractivity contribution in [3.63, 3.8) is 0 Å². The minimum absolute atomic E-state index is 0.155. The number of nitrogens with zero attached hydrogens (tertiary/aromatic N) is 1. The highest BCUT2D eigenvalue weighted by molar-refractivity contribution is 7.89. The van der Waals surface area contributed by atoms with E-state index in [0.29, 0.717) is 5.92 Å². The summed E-state index contributed by atoms with van der Waals surface area (Å²) in [5.41, 5.74) is 1.12. The fraction of sp³-hybridized carbons (Fsp3) is 0.562. The van der Waals surface area contributed by atoms with E-state index in [0.717, 1.165) is 37.9 Å². The molecule has 1 unspecified atom stereocenters. The molecule has 6 heteroatoms. The first-order valence-electron chi connectivity index (χ1n) is 7.81. The smallest absolute Gasteiger partial charge is 0.241 e. The lowest BCUT2D eigenvalue weighted by Crippen LogP contribution is -2.38. The molecular formula is C16H24N2O3S. The number of rotatable bonds is 6. The molecule has 1 aliphatic rings. The van der Waals surface area contributed by atoms with Crippen molar-refractivity contribution >= 4 is 15.9 Å². The summed E-state index contributed by atoms with van der Waals surface area (Å²) in [6, 6.07) is 6.88. The molecule has 0 saturated carbocycles. The molecule has 1 N–H and O–H groups in total. The summed E-state index contributed by atoms with van der Waals surface area (Å²) in [5, 5.41) is 0. The summed E-state index contributed by atoms with van der Waals surface area (Å²) in [5.74, 6) is 0.249. The van der Waals surface area contributed by atoms with Crippen LogP contribution in [-0.4, -0.2) is 38.9 Å². The predicted octanol–water partition coefficient (Wildman–Crippen LogP) is 2.10. The number of carbonyl (C=O) groups is 1. The van der Waals surface area contributed by atoms with Gasteiger partial charge >= 0.3 is 0 Å². The molecule has 1 heterocycles. The predicted molar refractivity (Wildman–Crippen MR) is 86.2 cm³/mol. The van der Waals surface area contributed by atoms with Gasteiger partial charge in [0.2, 0.25) is 15.9 Å². The Kier molecular flexibility index (Phi) is 5.58. The first-order valence-corrected chi connectivity index (χ1v) is 9.29. The Labute approximate surface area is 132 Å². The normalized spacial score (nSPS) is 16.7. The molecule has 5 nitrogen and oxygen atoms in total. The van der Waals surface area contributed by atoms with Crippen LogP contribution in [0.1, 0.15) is 44.6 Å². The van der Waals surface area contributed by atoms with Crippen molar-refractivity contribution in [1.29, 1.82) is 0 Å². The first kappa shape index (κ1) is 17.0. The highest BCUT2D eigenvalue weighted by Gasteiger charge is 2.21. The Morgan fingerprint density at radius 1 is 1.23 bits per heavy atom. The summed E-state index contributed by atoms with van der Waals surface area (Å²) < 4.78 is 26.8. The van der Waals surface area contributed by atoms with Crippen LogP contribution < -0.4 is 4.72 Å². The van der Waals surface area contributed by atoms with Crippen LogP contribution >= 0.6 is 0 Å². The van der Waals surface area contributed by atoms with Gasteiger partial charge in [0.05, 0.1) is 11.4 Å². The zero-order chi connectivity index (χ0) is 16.2. The van der Waals surface area contributed by atoms with E-state index in [1.165, 1.54) is 0 Å². The van der Waals surface area contributed by atoms with E-state index in [2.05, 4.69) is 18.6 Å². The Morgan fingerprint density at radius 3 is 2.36 bits per heavy atom. The van der Waals surface area contributed by atoms with Crippen molar-refractivity contribution in [2.75, 3.05) is 19.6 Å². The Morgan fingerprint density at radius 2 is 1.82 bits per heavy atom. The standard InChI is InChI=1S/C16H24N2O3S/c1-3-13(2)14-6-8-15(9-7-14)22(20,21)17-12-16(19)18-10-4-5-11-18/h6-9,13,17H,3-5,10-12H2,1-2H3. The molecule has 122 valence electrons. The second-order valence-corrected chi connectivity index (χ2v) is 7.56. The fourth-order valence-electron chi connectivity index (χ4n) is 2.53. The van der Waals surface area contributed by atoms with Crippen molar-refractivity contribution in [2.45, 2.75) is 43.9 Å². The first-order chi connectivity index (χ1) is 10.4. The van der Waals surface area contributed by atoms with Gasteiger partial charge in [0.15, 0.2) is 0 Å². The Balaban J connectivity index is 1.99. The lowest BCUT2D eigenvalue weighted by Gasteiger charge is -2.15. The molecule has 1 atom stereocenters. The van der Waals surface area contributed by atoms with Gasteiger partial charge < -0.3 is 4.90 Å². The molecule has 22 heavy (non-hydrogen) atoms. The van der Waals surface area contributed by atoms with Gasteiger partial charge in [-0.1, -0.05) is 26.0 Å². The molecular weight excluding hydrogens is 300 g/mol. The summed E-state index contributed by atoms with van der Waals surface area (Å²) in [6.45, 7) is 5.49. The Bertz CT molecular complexity index is 605. The maximum Gasteiger partial charge on any atom is 0.241 e. The highest BCUT2D eigenvalue weighted by Crippen LogP contribution is 2.20. The second kappa shape index (κ2) is 7.24. The van der Waals surface area contributed by atoms with Gasteiger partial charge in [0.1, 0.15) is 0 Å². The molecule has 1 aliphatic heterocycles. The number of hydrogen-bond donors (Lipinski definition) is 1. The number of nitrogens with one attached hydrogen (secondary N) is 1. The van der Waals surface area contributed by atoms with Crippen molar-refractivity contribution in [3.05, 3.63) is 29.8 Å². The molecule has 2 rings (SSSR count). The number of benzene rings is 1. The van der Waals surface area contributed by atoms with E-state index in [1.54, 1.807) is 17.0 Å². The minimum Gasteiger partial charge on any atom is -0.342 e. The van der Waals surface area contributed by atoms with Crippen LogP contribution in [0.15, 0.2) is 29.2 Å². The van der Waals surface area contributed by atoms with E-state index in [4.69, 9.17) is 0 Å². The van der Waals surface area contributed by atoms with Crippen LogP contribution in [0.5, 0.6) is 0 Å². The monoisotopic (exact) mass is 324 g/mol. The van der Waals surface area contributed by atoms with Gasteiger partial charge in [-0.25, -0.2) is 13.1 Å². The zero-order valence-electron chi connectivity index (χ0n) is 13.2. The molecule has 1 amide bonds. The molecule has 1 saturated heterocycles. The second-order valence-electron chi connectivity index (χ2n) is 5.79. The zero-order valence-corrected chi connectivity index (χ0v) is 14.0. The van der Waals surface area contributed by atoms with Crippen LogP contribution in [0.3, 0.4) is 0 Å². The third-order valence-corrected chi connectivity index (χ3v) is 5.66. The van der Waals surface area contributed by atoms with E-state index in [1.807, 2.05) is 12.1 Å². The van der Waals surface area contributed by atoms with Crippen LogP contribution in [-0.2, 0) is 14.8 Å². The van der Waals surface area contributed by atoms with Gasteiger partial charge in [-0.3, -0.25) is 4.79 Å². The van der Waals surface area contributed by atoms with Gasteiger partial charge in [0.25, 0.3) is 0 Å². The van der Waals surface area contributed by atoms with Crippen molar-refractivity contribution in [2.24, 2.45) is 0 Å². The third-order valence-electron chi connectivity index (χ3n) is 4.24. The summed E-state index contributed by atoms with van der Waals surface area (Å²) >= 11 is 0. The summed E-state index contributed by atoms with van der Waals surface area (Å²) in [6.07, 6.45) is 3.00. The molecule has 1 fully saturated rings. The molecule has 0 spiro atoms. The number of carbonyl (C=O) groups excluding carboxylic acids is 1. The average Bonchev–Trinajstić information content (AvgIpc) is 3.06. The number of hydrogen-bond acceptors (Lipinski definition) is 3. The molecule has 1 aromatic rings. The Hall–Kier alpha value is -1.40. The van der Waals surface area contributed by atoms with Gasteiger partial charge in [-0.05, 0) is 42.9 Å². The van der Waals surface area contributed by atoms with Crippen molar-refractivity contribution < 1.29 is 13.2 Å². The van der Waals surface area contributed by atoms with Crippen LogP contribution in [0.25, 0.3) is 0 Å². The summed E-state index contributed by atoms with van der Waals surface area (Å²) in [7, 11) is -3.63. The molecule has 0 radical (unpaired) electrons. The topological polar surface area (TPSA) is 66.5 Å². The van der Waals surface area contributed by atoms with Gasteiger partial charge in [-0.2, -0.15) is 0 Å². The minimum atomic E-state index is -3.63. The lowest BCUT2D eigenvalue weighted by atomic mass is 9.99. The van der Waals surface area contributed by atoms with E-state index < -0.39 is 10.0 Å². The molecule has 0 aliphatic carbocycles. The van der Waals surface area contributed by atoms with Crippen LogP contribution in [0.2, 0.25) is 0 Å². The SMILES string of the molecule is CCC(C)c1ccc(S(=O)(=O)NCC(=O)N2CCCC2)cc1. The maximum atomic E-state index is 12.2. The third kappa shape index (κ3) is 4.08. The molecule has 0 aromatic heterocycles. The van der Waals surface area contributed by atoms with Gasteiger partial charge in [0, 0.05) is 13.1 Å². The number of amides is 1. The van der Waals surface area contributed by atoms with Crippen LogP contribution in [0.4, 0.5) is 0 Å². The van der Waals surface area contributed by atoms with Crippen LogP contribution in [0, 0.1) is 0 Å². The summed E-state index contributed by atoms with van der Waals surface area (Å²) in [4.78, 5) is 13.8. The number of sulfonamides is 1. The van der Waals surface area contributed by atoms with Crippen molar-refractivity contribution in [1.82, 2.24) is 9.62 Å². The van der Waals surface area contributed by atoms with E-state index >= 15 is 0 Å². The van der Waals surface area contributed by atoms with E-state index in [9.17, 15) is 13.2 Å². The highest BCUT2D eigenvalue weighted by atomic mass is 32.2. The van der Waals surface area contributed by atoms with Crippen molar-refractivity contribution in [3.8, 4) is 0 Å². The average molecular weight is 324 g/mol. The largest absolute Gasteiger partial charge is 0.342 e. The number of likely N-dealkylation sites (tertiary alicyclic amines) is 1. The van der Waals surface area contributed by atoms with E-state index in [-0.39, 0.29) is 17.3 Å². The molecule has 0 bridgehead atoms. The maximum absolute atomic E-state index is 12.2.